The fourth-order valence-electron chi connectivity index (χ4n) is 1.17. The van der Waals surface area contributed by atoms with Crippen molar-refractivity contribution in [1.29, 1.82) is 0 Å². The van der Waals surface area contributed by atoms with E-state index >= 15 is 0 Å². The highest BCUT2D eigenvalue weighted by molar-refractivity contribution is 7.99. The summed E-state index contributed by atoms with van der Waals surface area (Å²) in [6.45, 7) is 24.6. The fourth-order valence-corrected chi connectivity index (χ4v) is 2.02. The van der Waals surface area contributed by atoms with E-state index in [4.69, 9.17) is 5.73 Å². The van der Waals surface area contributed by atoms with Crippen molar-refractivity contribution in [3.8, 4) is 0 Å². The smallest absolute Gasteiger partial charge is 0.120 e. The van der Waals surface area contributed by atoms with E-state index in [2.05, 4.69) is 52.8 Å². The number of thioether (sulfide) groups is 1. The lowest BCUT2D eigenvalue weighted by Crippen LogP contribution is -2.26. The lowest BCUT2D eigenvalue weighted by molar-refractivity contribution is -0.107. The first-order chi connectivity index (χ1) is 13.0. The van der Waals surface area contributed by atoms with E-state index < -0.39 is 0 Å². The molecule has 0 saturated heterocycles. The molecule has 172 valence electrons. The Kier molecular flexibility index (Phi) is 46.3. The topological polar surface area (TPSA) is 43.1 Å². The van der Waals surface area contributed by atoms with Gasteiger partial charge >= 0.3 is 0 Å². The molecule has 0 fully saturated rings. The quantitative estimate of drug-likeness (QED) is 0.232. The average molecular weight is 418 g/mol. The second-order valence-corrected chi connectivity index (χ2v) is 8.76. The van der Waals surface area contributed by atoms with Crippen LogP contribution in [-0.2, 0) is 4.79 Å². The maximum Gasteiger partial charge on any atom is 0.120 e. The zero-order valence-electron chi connectivity index (χ0n) is 21.5. The van der Waals surface area contributed by atoms with Gasteiger partial charge in [0, 0.05) is 23.5 Å². The van der Waals surface area contributed by atoms with Gasteiger partial charge in [0.1, 0.15) is 6.29 Å². The molecule has 0 aliphatic carbocycles. The Balaban J connectivity index is -0.000000111. The Morgan fingerprint density at radius 1 is 1.00 bits per heavy atom. The van der Waals surface area contributed by atoms with Crippen molar-refractivity contribution >= 4 is 18.0 Å². The molecular formula is C25H55NOS. The molecule has 0 aromatic carbocycles. The zero-order chi connectivity index (χ0) is 23.4. The Hall–Kier alpha value is -0.540. The first kappa shape index (κ1) is 38.1. The van der Waals surface area contributed by atoms with E-state index in [1.165, 1.54) is 24.8 Å². The van der Waals surface area contributed by atoms with Crippen molar-refractivity contribution in [2.24, 2.45) is 11.7 Å². The van der Waals surface area contributed by atoms with Crippen LogP contribution in [0, 0.1) is 5.92 Å². The summed E-state index contributed by atoms with van der Waals surface area (Å²) in [5.74, 6) is 2.85. The molecule has 0 heterocycles. The van der Waals surface area contributed by atoms with Crippen molar-refractivity contribution in [1.82, 2.24) is 0 Å². The minimum atomic E-state index is 0. The number of hydrogen-bond donors (Lipinski definition) is 1. The van der Waals surface area contributed by atoms with Crippen molar-refractivity contribution in [2.75, 3.05) is 11.5 Å². The molecule has 2 N–H and O–H groups in total. The average Bonchev–Trinajstić information content (AvgIpc) is 2.60. The first-order valence-corrected chi connectivity index (χ1v) is 12.3. The predicted molar refractivity (Wildman–Crippen MR) is 138 cm³/mol. The van der Waals surface area contributed by atoms with Crippen LogP contribution in [0.2, 0.25) is 0 Å². The van der Waals surface area contributed by atoms with Crippen LogP contribution in [0.5, 0.6) is 0 Å². The van der Waals surface area contributed by atoms with Gasteiger partial charge in [0.15, 0.2) is 0 Å². The second-order valence-electron chi connectivity index (χ2n) is 7.66. The lowest BCUT2D eigenvalue weighted by Gasteiger charge is -2.06. The second kappa shape index (κ2) is 34.0. The molecule has 3 heteroatoms. The Bertz CT molecular complexity index is 306. The van der Waals surface area contributed by atoms with E-state index in [9.17, 15) is 4.79 Å². The van der Waals surface area contributed by atoms with Crippen molar-refractivity contribution in [3.05, 3.63) is 23.8 Å². The van der Waals surface area contributed by atoms with Gasteiger partial charge in [-0.2, -0.15) is 11.8 Å². The van der Waals surface area contributed by atoms with Crippen molar-refractivity contribution in [3.63, 3.8) is 0 Å². The summed E-state index contributed by atoms with van der Waals surface area (Å²) in [4.78, 5) is 10.1. The summed E-state index contributed by atoms with van der Waals surface area (Å²) in [5, 5.41) is 0. The Labute approximate surface area is 184 Å². The largest absolute Gasteiger partial charge is 0.326 e. The van der Waals surface area contributed by atoms with Crippen molar-refractivity contribution < 1.29 is 4.79 Å². The normalized spacial score (nSPS) is 10.4. The van der Waals surface area contributed by atoms with Crippen LogP contribution < -0.4 is 5.73 Å². The van der Waals surface area contributed by atoms with Crippen LogP contribution in [0.4, 0.5) is 0 Å². The summed E-state index contributed by atoms with van der Waals surface area (Å²) in [7, 11) is 0. The maximum atomic E-state index is 10.1. The number of carbonyl (C=O) groups excluding carboxylic acids is 1. The number of unbranched alkanes of at least 4 members (excludes halogenated alkanes) is 2. The molecule has 28 heavy (non-hydrogen) atoms. The molecule has 0 radical (unpaired) electrons. The number of rotatable bonds is 9. The molecule has 0 aromatic heterocycles. The molecule has 2 nitrogen and oxygen atoms in total. The molecule has 0 aliphatic rings. The third-order valence-electron chi connectivity index (χ3n) is 2.01. The summed E-state index contributed by atoms with van der Waals surface area (Å²) in [5.41, 5.74) is 6.79. The van der Waals surface area contributed by atoms with Gasteiger partial charge in [-0.25, -0.2) is 0 Å². The molecule has 0 aliphatic heterocycles. The zero-order valence-corrected chi connectivity index (χ0v) is 22.3. The van der Waals surface area contributed by atoms with Crippen LogP contribution in [0.15, 0.2) is 23.8 Å². The van der Waals surface area contributed by atoms with Crippen molar-refractivity contribution in [2.45, 2.75) is 114 Å². The molecule has 0 bridgehead atoms. The molecule has 0 amide bonds. The number of carbonyl (C=O) groups is 1. The standard InChI is InChI=1S/C13H22OS.C4H11N.C4H10.2C2H6/c1-3-4-5-6-7-9-13(2)12-15-11-8-10-14;1-4(2,3)5;1-4(2)3;2*1-2/h3-4,9-10H,5-8,11-12H2,1-2H3;5H2,1-3H3;4H,1-3H3;2*1-2H3/b4-3-,13-9+;;;;. The highest BCUT2D eigenvalue weighted by Gasteiger charge is 1.95. The lowest BCUT2D eigenvalue weighted by atomic mass is 10.1. The van der Waals surface area contributed by atoms with Gasteiger partial charge in [0.25, 0.3) is 0 Å². The van der Waals surface area contributed by atoms with Crippen LogP contribution in [0.3, 0.4) is 0 Å². The van der Waals surface area contributed by atoms with Crippen LogP contribution in [0.1, 0.15) is 109 Å². The summed E-state index contributed by atoms with van der Waals surface area (Å²) in [6.07, 6.45) is 11.9. The van der Waals surface area contributed by atoms with Crippen LogP contribution >= 0.6 is 11.8 Å². The third-order valence-corrected chi connectivity index (χ3v) is 3.20. The molecule has 0 unspecified atom stereocenters. The maximum absolute atomic E-state index is 10.1. The van der Waals surface area contributed by atoms with Gasteiger partial charge in [0.2, 0.25) is 0 Å². The number of nitrogens with two attached hydrogens (primary N) is 1. The fraction of sp³-hybridized carbons (Fsp3) is 0.800. The molecule has 0 atom stereocenters. The van der Waals surface area contributed by atoms with E-state index in [1.54, 1.807) is 0 Å². The number of hydrogen-bond acceptors (Lipinski definition) is 3. The highest BCUT2D eigenvalue weighted by atomic mass is 32.2. The molecule has 0 rings (SSSR count). The Morgan fingerprint density at radius 2 is 1.43 bits per heavy atom. The van der Waals surface area contributed by atoms with E-state index in [0.717, 1.165) is 23.7 Å². The van der Waals surface area contributed by atoms with Crippen LogP contribution in [-0.4, -0.2) is 23.3 Å². The monoisotopic (exact) mass is 417 g/mol. The molecule has 0 aromatic rings. The third kappa shape index (κ3) is 98.1. The van der Waals surface area contributed by atoms with E-state index in [-0.39, 0.29) is 5.54 Å². The summed E-state index contributed by atoms with van der Waals surface area (Å²) >= 11 is 1.84. The van der Waals surface area contributed by atoms with Crippen LogP contribution in [0.25, 0.3) is 0 Å². The van der Waals surface area contributed by atoms with Gasteiger partial charge in [-0.1, -0.05) is 72.3 Å². The van der Waals surface area contributed by atoms with Gasteiger partial charge in [-0.3, -0.25) is 0 Å². The summed E-state index contributed by atoms with van der Waals surface area (Å²) in [6, 6.07) is 0. The number of aldehydes is 1. The van der Waals surface area contributed by atoms with Gasteiger partial charge in [-0.05, 0) is 59.8 Å². The van der Waals surface area contributed by atoms with E-state index in [0.29, 0.717) is 6.42 Å². The summed E-state index contributed by atoms with van der Waals surface area (Å²) < 4.78 is 0. The predicted octanol–water partition coefficient (Wildman–Crippen LogP) is 8.46. The molecular weight excluding hydrogens is 362 g/mol. The van der Waals surface area contributed by atoms with Gasteiger partial charge < -0.3 is 10.5 Å². The minimum Gasteiger partial charge on any atom is -0.326 e. The molecule has 0 saturated carbocycles. The minimum absolute atomic E-state index is 0. The Morgan fingerprint density at radius 3 is 1.79 bits per heavy atom. The number of allylic oxidation sites excluding steroid dienone is 3. The SMILES string of the molecule is C/C=C\CCC/C=C(\C)CSCCC=O.CC.CC.CC(C)(C)N.CC(C)C. The highest BCUT2D eigenvalue weighted by Crippen LogP contribution is 2.10. The first-order valence-electron chi connectivity index (χ1n) is 11.1. The molecule has 0 spiro atoms. The van der Waals surface area contributed by atoms with Gasteiger partial charge in [0.05, 0.1) is 0 Å². The van der Waals surface area contributed by atoms with Gasteiger partial charge in [-0.15, -0.1) is 0 Å². The van der Waals surface area contributed by atoms with E-state index in [1.807, 2.05) is 60.2 Å².